The average Bonchev–Trinajstić information content (AvgIpc) is 3.40. The smallest absolute Gasteiger partial charge is 0.258 e. The minimum absolute atomic E-state index is 0.0633. The number of para-hydroxylation sites is 1. The number of nitrogens with zero attached hydrogens (tertiary/aromatic N) is 2. The Labute approximate surface area is 156 Å². The standard InChI is InChI=1S/C19H22N4O4/c1-19-9-8-17(26)23(19)14-5-3-2-4-13(14)18(27)22(19)11-16(25)20-10-15(24)21-12-6-7-12/h2-5,12H,6-11H2,1H3,(H,20,25)(H,21,24). The molecule has 1 saturated heterocycles. The van der Waals surface area contributed by atoms with Gasteiger partial charge in [0.05, 0.1) is 17.8 Å². The van der Waals surface area contributed by atoms with Crippen molar-refractivity contribution in [2.24, 2.45) is 0 Å². The molecule has 0 spiro atoms. The van der Waals surface area contributed by atoms with Gasteiger partial charge in [-0.3, -0.25) is 24.1 Å². The van der Waals surface area contributed by atoms with Gasteiger partial charge in [-0.2, -0.15) is 0 Å². The number of anilines is 1. The quantitative estimate of drug-likeness (QED) is 0.783. The molecular formula is C19H22N4O4. The third-order valence-corrected chi connectivity index (χ3v) is 5.44. The van der Waals surface area contributed by atoms with Gasteiger partial charge in [0.25, 0.3) is 5.91 Å². The summed E-state index contributed by atoms with van der Waals surface area (Å²) >= 11 is 0. The van der Waals surface area contributed by atoms with Crippen LogP contribution < -0.4 is 15.5 Å². The SMILES string of the molecule is CC12CCC(=O)N1c1ccccc1C(=O)N2CC(=O)NCC(=O)NC1CC1. The normalized spacial score (nSPS) is 23.7. The zero-order valence-corrected chi connectivity index (χ0v) is 15.2. The lowest BCUT2D eigenvalue weighted by Crippen LogP contribution is -2.64. The van der Waals surface area contributed by atoms with Crippen molar-refractivity contribution in [3.05, 3.63) is 29.8 Å². The van der Waals surface area contributed by atoms with Crippen LogP contribution in [-0.2, 0) is 14.4 Å². The third kappa shape index (κ3) is 3.05. The van der Waals surface area contributed by atoms with Crippen molar-refractivity contribution in [1.29, 1.82) is 0 Å². The Morgan fingerprint density at radius 2 is 1.93 bits per heavy atom. The highest BCUT2D eigenvalue weighted by Crippen LogP contribution is 2.43. The van der Waals surface area contributed by atoms with Crippen molar-refractivity contribution in [1.82, 2.24) is 15.5 Å². The molecule has 4 amide bonds. The van der Waals surface area contributed by atoms with E-state index in [-0.39, 0.29) is 36.9 Å². The van der Waals surface area contributed by atoms with E-state index >= 15 is 0 Å². The van der Waals surface area contributed by atoms with Crippen LogP contribution in [0.2, 0.25) is 0 Å². The van der Waals surface area contributed by atoms with Gasteiger partial charge >= 0.3 is 0 Å². The van der Waals surface area contributed by atoms with Crippen LogP contribution in [-0.4, -0.2) is 53.3 Å². The molecule has 1 unspecified atom stereocenters. The predicted molar refractivity (Wildman–Crippen MR) is 96.8 cm³/mol. The summed E-state index contributed by atoms with van der Waals surface area (Å²) in [5, 5.41) is 5.37. The highest BCUT2D eigenvalue weighted by molar-refractivity contribution is 6.11. The zero-order chi connectivity index (χ0) is 19.2. The molecule has 2 fully saturated rings. The first-order valence-corrected chi connectivity index (χ1v) is 9.20. The van der Waals surface area contributed by atoms with Gasteiger partial charge in [0.15, 0.2) is 0 Å². The topological polar surface area (TPSA) is 98.8 Å². The molecule has 1 saturated carbocycles. The van der Waals surface area contributed by atoms with E-state index in [0.29, 0.717) is 24.1 Å². The molecule has 142 valence electrons. The van der Waals surface area contributed by atoms with Gasteiger partial charge in [0.1, 0.15) is 12.2 Å². The lowest BCUT2D eigenvalue weighted by atomic mass is 9.98. The summed E-state index contributed by atoms with van der Waals surface area (Å²) in [6.45, 7) is 1.48. The van der Waals surface area contributed by atoms with Crippen LogP contribution in [0.1, 0.15) is 43.0 Å². The molecule has 1 aliphatic carbocycles. The van der Waals surface area contributed by atoms with Crippen molar-refractivity contribution < 1.29 is 19.2 Å². The fraction of sp³-hybridized carbons (Fsp3) is 0.474. The molecule has 4 rings (SSSR count). The maximum atomic E-state index is 13.0. The maximum absolute atomic E-state index is 13.0. The second kappa shape index (κ2) is 6.37. The molecule has 27 heavy (non-hydrogen) atoms. The van der Waals surface area contributed by atoms with E-state index in [2.05, 4.69) is 10.6 Å². The van der Waals surface area contributed by atoms with Gasteiger partial charge in [-0.05, 0) is 38.3 Å². The lowest BCUT2D eigenvalue weighted by molar-refractivity contribution is -0.127. The Bertz CT molecular complexity index is 835. The fourth-order valence-electron chi connectivity index (χ4n) is 3.83. The molecule has 0 bridgehead atoms. The molecule has 2 aliphatic heterocycles. The number of benzene rings is 1. The van der Waals surface area contributed by atoms with Crippen LogP contribution in [0.5, 0.6) is 0 Å². The number of carbonyl (C=O) groups is 4. The van der Waals surface area contributed by atoms with E-state index in [9.17, 15) is 19.2 Å². The average molecular weight is 370 g/mol. The highest BCUT2D eigenvalue weighted by atomic mass is 16.2. The van der Waals surface area contributed by atoms with E-state index in [1.54, 1.807) is 36.1 Å². The van der Waals surface area contributed by atoms with E-state index in [1.807, 2.05) is 0 Å². The minimum atomic E-state index is -0.879. The molecule has 1 aromatic carbocycles. The van der Waals surface area contributed by atoms with Gasteiger partial charge in [-0.25, -0.2) is 0 Å². The largest absolute Gasteiger partial charge is 0.352 e. The van der Waals surface area contributed by atoms with Crippen molar-refractivity contribution in [3.8, 4) is 0 Å². The summed E-state index contributed by atoms with van der Waals surface area (Å²) in [6.07, 6.45) is 2.73. The highest BCUT2D eigenvalue weighted by Gasteiger charge is 2.53. The predicted octanol–water partition coefficient (Wildman–Crippen LogP) is 0.380. The lowest BCUT2D eigenvalue weighted by Gasteiger charge is -2.48. The molecule has 2 heterocycles. The number of rotatable bonds is 5. The fourth-order valence-corrected chi connectivity index (χ4v) is 3.83. The Morgan fingerprint density at radius 3 is 2.67 bits per heavy atom. The van der Waals surface area contributed by atoms with E-state index in [1.165, 1.54) is 4.90 Å². The van der Waals surface area contributed by atoms with Crippen LogP contribution in [0.3, 0.4) is 0 Å². The maximum Gasteiger partial charge on any atom is 0.258 e. The summed E-state index contributed by atoms with van der Waals surface area (Å²) in [5.74, 6) is -0.998. The van der Waals surface area contributed by atoms with Crippen molar-refractivity contribution in [3.63, 3.8) is 0 Å². The number of fused-ring (bicyclic) bond motifs is 3. The Kier molecular flexibility index (Phi) is 4.13. The van der Waals surface area contributed by atoms with Crippen LogP contribution in [0.4, 0.5) is 5.69 Å². The van der Waals surface area contributed by atoms with Gasteiger partial charge in [0, 0.05) is 12.5 Å². The summed E-state index contributed by atoms with van der Waals surface area (Å²) < 4.78 is 0. The number of nitrogens with one attached hydrogen (secondary N) is 2. The van der Waals surface area contributed by atoms with Crippen LogP contribution >= 0.6 is 0 Å². The molecule has 8 heteroatoms. The minimum Gasteiger partial charge on any atom is -0.352 e. The first-order valence-electron chi connectivity index (χ1n) is 9.20. The van der Waals surface area contributed by atoms with Gasteiger partial charge in [-0.1, -0.05) is 12.1 Å². The molecule has 2 N–H and O–H groups in total. The summed E-state index contributed by atoms with van der Waals surface area (Å²) in [5.41, 5.74) is 0.119. The second-order valence-corrected chi connectivity index (χ2v) is 7.47. The molecule has 1 atom stereocenters. The van der Waals surface area contributed by atoms with Crippen LogP contribution in [0.25, 0.3) is 0 Å². The van der Waals surface area contributed by atoms with E-state index < -0.39 is 11.6 Å². The first-order chi connectivity index (χ1) is 12.9. The Hall–Kier alpha value is -2.90. The number of carbonyl (C=O) groups excluding carboxylic acids is 4. The molecule has 3 aliphatic rings. The third-order valence-electron chi connectivity index (χ3n) is 5.44. The summed E-state index contributed by atoms with van der Waals surface area (Å²) in [7, 11) is 0. The van der Waals surface area contributed by atoms with E-state index in [4.69, 9.17) is 0 Å². The molecule has 0 aromatic heterocycles. The monoisotopic (exact) mass is 370 g/mol. The Balaban J connectivity index is 1.51. The van der Waals surface area contributed by atoms with Crippen molar-refractivity contribution in [2.75, 3.05) is 18.0 Å². The zero-order valence-electron chi connectivity index (χ0n) is 15.2. The van der Waals surface area contributed by atoms with Gasteiger partial charge < -0.3 is 15.5 Å². The second-order valence-electron chi connectivity index (χ2n) is 7.47. The van der Waals surface area contributed by atoms with Gasteiger partial charge in [0.2, 0.25) is 17.7 Å². The molecule has 1 aromatic rings. The number of amides is 4. The molecule has 8 nitrogen and oxygen atoms in total. The van der Waals surface area contributed by atoms with E-state index in [0.717, 1.165) is 12.8 Å². The first kappa shape index (κ1) is 17.5. The van der Waals surface area contributed by atoms with Gasteiger partial charge in [-0.15, -0.1) is 0 Å². The summed E-state index contributed by atoms with van der Waals surface area (Å²) in [4.78, 5) is 52.7. The summed E-state index contributed by atoms with van der Waals surface area (Å²) in [6, 6.07) is 7.18. The Morgan fingerprint density at radius 1 is 1.19 bits per heavy atom. The number of hydrogen-bond donors (Lipinski definition) is 2. The van der Waals surface area contributed by atoms with Crippen molar-refractivity contribution in [2.45, 2.75) is 44.3 Å². The van der Waals surface area contributed by atoms with Crippen LogP contribution in [0.15, 0.2) is 24.3 Å². The molecule has 0 radical (unpaired) electrons. The molecular weight excluding hydrogens is 348 g/mol. The van der Waals surface area contributed by atoms with Crippen LogP contribution in [0, 0.1) is 0 Å². The van der Waals surface area contributed by atoms with Crippen molar-refractivity contribution >= 4 is 29.3 Å². The number of hydrogen-bond acceptors (Lipinski definition) is 4.